The van der Waals surface area contributed by atoms with Crippen LogP contribution in [0.1, 0.15) is 206 Å². The fraction of sp³-hybridized carbons (Fsp3) is 0.854. The van der Waals surface area contributed by atoms with Gasteiger partial charge in [0.1, 0.15) is 6.61 Å². The fourth-order valence-electron chi connectivity index (χ4n) is 5.70. The van der Waals surface area contributed by atoms with E-state index in [1.165, 1.54) is 135 Å². The Bertz CT molecular complexity index is 701. The van der Waals surface area contributed by atoms with E-state index in [4.69, 9.17) is 9.47 Å². The maximum absolute atomic E-state index is 12.1. The van der Waals surface area contributed by atoms with E-state index in [0.29, 0.717) is 12.8 Å². The monoisotopic (exact) mass is 649 g/mol. The Morgan fingerprint density at radius 2 is 0.870 bits per heavy atom. The molecule has 0 radical (unpaired) electrons. The van der Waals surface area contributed by atoms with Crippen LogP contribution in [0.15, 0.2) is 24.3 Å². The van der Waals surface area contributed by atoms with E-state index >= 15 is 0 Å². The molecule has 0 amide bonds. The molecule has 0 heterocycles. The number of esters is 2. The van der Waals surface area contributed by atoms with Crippen LogP contribution >= 0.6 is 0 Å². The molecular formula is C41H76O5. The van der Waals surface area contributed by atoms with Crippen LogP contribution in [-0.4, -0.2) is 36.4 Å². The molecule has 0 rings (SSSR count). The summed E-state index contributed by atoms with van der Waals surface area (Å²) in [6.07, 6.45) is 44.3. The number of carbonyl (C=O) groups excluding carboxylic acids is 2. The number of hydrogen-bond acceptors (Lipinski definition) is 5. The fourth-order valence-corrected chi connectivity index (χ4v) is 5.70. The highest BCUT2D eigenvalue weighted by atomic mass is 16.6. The molecule has 0 saturated carbocycles. The molecule has 0 aromatic carbocycles. The van der Waals surface area contributed by atoms with Crippen molar-refractivity contribution in [1.82, 2.24) is 0 Å². The first-order chi connectivity index (χ1) is 22.6. The minimum Gasteiger partial charge on any atom is -0.462 e. The Morgan fingerprint density at radius 1 is 0.500 bits per heavy atom. The third-order valence-corrected chi connectivity index (χ3v) is 8.75. The smallest absolute Gasteiger partial charge is 0.306 e. The Morgan fingerprint density at radius 3 is 1.28 bits per heavy atom. The molecule has 0 aliphatic rings. The van der Waals surface area contributed by atoms with Gasteiger partial charge in [-0.05, 0) is 44.9 Å². The summed E-state index contributed by atoms with van der Waals surface area (Å²) in [7, 11) is 0. The van der Waals surface area contributed by atoms with Gasteiger partial charge in [0.2, 0.25) is 0 Å². The second-order valence-electron chi connectivity index (χ2n) is 13.4. The van der Waals surface area contributed by atoms with Crippen molar-refractivity contribution in [3.63, 3.8) is 0 Å². The minimum atomic E-state index is -0.763. The van der Waals surface area contributed by atoms with Crippen molar-refractivity contribution in [2.45, 2.75) is 213 Å². The maximum atomic E-state index is 12.1. The van der Waals surface area contributed by atoms with Gasteiger partial charge < -0.3 is 14.6 Å². The lowest BCUT2D eigenvalue weighted by atomic mass is 10.0. The van der Waals surface area contributed by atoms with Gasteiger partial charge in [-0.15, -0.1) is 0 Å². The standard InChI is InChI=1S/C41H76O5/c1-3-5-7-9-10-11-12-13-14-15-16-17-18-19-20-21-22-23-24-25-26-27-28-29-30-32-34-36-41(44)46-39(37-42)38-45-40(43)35-33-31-8-6-4-2/h12-13,15-16,39,42H,3-11,14,17-38H2,1-2H3/b13-12-,16-15-. The lowest BCUT2D eigenvalue weighted by Gasteiger charge is -2.15. The van der Waals surface area contributed by atoms with Crippen molar-refractivity contribution in [2.75, 3.05) is 13.2 Å². The van der Waals surface area contributed by atoms with Crippen molar-refractivity contribution >= 4 is 11.9 Å². The minimum absolute atomic E-state index is 0.0635. The summed E-state index contributed by atoms with van der Waals surface area (Å²) >= 11 is 0. The first-order valence-electron chi connectivity index (χ1n) is 19.9. The van der Waals surface area contributed by atoms with Crippen LogP contribution in [0.3, 0.4) is 0 Å². The third kappa shape index (κ3) is 35.2. The second kappa shape index (κ2) is 37.8. The van der Waals surface area contributed by atoms with E-state index in [1.807, 2.05) is 0 Å². The zero-order valence-corrected chi connectivity index (χ0v) is 30.6. The Balaban J connectivity index is 3.40. The van der Waals surface area contributed by atoms with Crippen LogP contribution in [0.4, 0.5) is 0 Å². The van der Waals surface area contributed by atoms with E-state index in [-0.39, 0.29) is 25.2 Å². The van der Waals surface area contributed by atoms with Gasteiger partial charge in [-0.2, -0.15) is 0 Å². The molecule has 0 aliphatic heterocycles. The van der Waals surface area contributed by atoms with Crippen LogP contribution in [0.5, 0.6) is 0 Å². The van der Waals surface area contributed by atoms with Gasteiger partial charge in [-0.3, -0.25) is 9.59 Å². The van der Waals surface area contributed by atoms with Crippen molar-refractivity contribution in [1.29, 1.82) is 0 Å². The first-order valence-corrected chi connectivity index (χ1v) is 19.9. The molecule has 0 bridgehead atoms. The normalized spacial score (nSPS) is 12.3. The molecule has 1 N–H and O–H groups in total. The van der Waals surface area contributed by atoms with E-state index in [2.05, 4.69) is 38.2 Å². The van der Waals surface area contributed by atoms with Gasteiger partial charge in [-0.1, -0.05) is 173 Å². The topological polar surface area (TPSA) is 72.8 Å². The summed E-state index contributed by atoms with van der Waals surface area (Å²) in [5.41, 5.74) is 0. The lowest BCUT2D eigenvalue weighted by Crippen LogP contribution is -2.28. The zero-order valence-electron chi connectivity index (χ0n) is 30.6. The number of hydrogen-bond donors (Lipinski definition) is 1. The van der Waals surface area contributed by atoms with Gasteiger partial charge in [0.25, 0.3) is 0 Å². The molecule has 0 spiro atoms. The van der Waals surface area contributed by atoms with Crippen LogP contribution in [-0.2, 0) is 19.1 Å². The number of rotatable bonds is 36. The SMILES string of the molecule is CCCCCCC/C=C\C/C=C\CCCCCCCCCCCCCCCCCC(=O)OC(CO)COC(=O)CCCCCCC. The lowest BCUT2D eigenvalue weighted by molar-refractivity contribution is -0.161. The highest BCUT2D eigenvalue weighted by molar-refractivity contribution is 5.70. The maximum Gasteiger partial charge on any atom is 0.306 e. The largest absolute Gasteiger partial charge is 0.462 e. The van der Waals surface area contributed by atoms with Gasteiger partial charge in [0, 0.05) is 12.8 Å². The summed E-state index contributed by atoms with van der Waals surface area (Å²) < 4.78 is 10.5. The number of carbonyl (C=O) groups is 2. The molecular weight excluding hydrogens is 572 g/mol. The summed E-state index contributed by atoms with van der Waals surface area (Å²) in [6, 6.07) is 0. The average Bonchev–Trinajstić information content (AvgIpc) is 3.06. The van der Waals surface area contributed by atoms with Crippen LogP contribution < -0.4 is 0 Å². The quantitative estimate of drug-likeness (QED) is 0.0416. The zero-order chi connectivity index (χ0) is 33.6. The molecule has 46 heavy (non-hydrogen) atoms. The summed E-state index contributed by atoms with van der Waals surface area (Å²) in [4.78, 5) is 23.9. The van der Waals surface area contributed by atoms with Gasteiger partial charge in [-0.25, -0.2) is 0 Å². The molecule has 1 atom stereocenters. The number of aliphatic hydroxyl groups excluding tert-OH is 1. The highest BCUT2D eigenvalue weighted by Gasteiger charge is 2.16. The van der Waals surface area contributed by atoms with E-state index in [0.717, 1.165) is 44.9 Å². The molecule has 5 nitrogen and oxygen atoms in total. The summed E-state index contributed by atoms with van der Waals surface area (Å²) in [5.74, 6) is -0.599. The predicted octanol–water partition coefficient (Wildman–Crippen LogP) is 12.3. The van der Waals surface area contributed by atoms with Gasteiger partial charge in [0.05, 0.1) is 6.61 Å². The Labute approximate surface area is 285 Å². The summed E-state index contributed by atoms with van der Waals surface area (Å²) in [6.45, 7) is 4.04. The number of allylic oxidation sites excluding steroid dienone is 4. The molecule has 0 saturated heterocycles. The van der Waals surface area contributed by atoms with Crippen LogP contribution in [0.25, 0.3) is 0 Å². The molecule has 0 aromatic heterocycles. The molecule has 0 aromatic rings. The third-order valence-electron chi connectivity index (χ3n) is 8.75. The van der Waals surface area contributed by atoms with E-state index < -0.39 is 6.10 Å². The average molecular weight is 649 g/mol. The first kappa shape index (κ1) is 44.4. The van der Waals surface area contributed by atoms with Crippen LogP contribution in [0, 0.1) is 0 Å². The Kier molecular flexibility index (Phi) is 36.5. The van der Waals surface area contributed by atoms with Crippen molar-refractivity contribution in [3.05, 3.63) is 24.3 Å². The molecule has 0 aliphatic carbocycles. The van der Waals surface area contributed by atoms with Gasteiger partial charge >= 0.3 is 11.9 Å². The van der Waals surface area contributed by atoms with Crippen LogP contribution in [0.2, 0.25) is 0 Å². The number of ether oxygens (including phenoxy) is 2. The van der Waals surface area contributed by atoms with E-state index in [9.17, 15) is 14.7 Å². The molecule has 0 fully saturated rings. The number of unbranched alkanes of at least 4 members (excludes halogenated alkanes) is 24. The Hall–Kier alpha value is -1.62. The predicted molar refractivity (Wildman–Crippen MR) is 196 cm³/mol. The molecule has 5 heteroatoms. The molecule has 270 valence electrons. The van der Waals surface area contributed by atoms with E-state index in [1.54, 1.807) is 0 Å². The van der Waals surface area contributed by atoms with Crippen molar-refractivity contribution in [2.24, 2.45) is 0 Å². The second-order valence-corrected chi connectivity index (χ2v) is 13.4. The number of aliphatic hydroxyl groups is 1. The molecule has 1 unspecified atom stereocenters. The van der Waals surface area contributed by atoms with Crippen molar-refractivity contribution < 1.29 is 24.2 Å². The summed E-state index contributed by atoms with van der Waals surface area (Å²) in [5, 5.41) is 9.46. The van der Waals surface area contributed by atoms with Crippen molar-refractivity contribution in [3.8, 4) is 0 Å². The highest BCUT2D eigenvalue weighted by Crippen LogP contribution is 2.15. The van der Waals surface area contributed by atoms with Gasteiger partial charge in [0.15, 0.2) is 6.10 Å².